The third-order valence-electron chi connectivity index (χ3n) is 2.50. The standard InChI is InChI=1S/C14H22NO2/c1-5-17-13-8-6-12(7-9-13)14(16)10-11-15(2,3)4/h6-9H,5,10-11H2,1-4H3/q+1. The number of carbonyl (C=O) groups excluding carboxylic acids is 1. The van der Waals surface area contributed by atoms with E-state index in [2.05, 4.69) is 21.1 Å². The Balaban J connectivity index is 2.57. The lowest BCUT2D eigenvalue weighted by Gasteiger charge is -2.23. The molecule has 0 bridgehead atoms. The van der Waals surface area contributed by atoms with Crippen LogP contribution in [0.15, 0.2) is 24.3 Å². The molecule has 3 nitrogen and oxygen atoms in total. The number of quaternary nitrogens is 1. The van der Waals surface area contributed by atoms with Gasteiger partial charge in [0.2, 0.25) is 0 Å². The van der Waals surface area contributed by atoms with Gasteiger partial charge in [-0.25, -0.2) is 0 Å². The lowest BCUT2D eigenvalue weighted by atomic mass is 10.1. The van der Waals surface area contributed by atoms with Crippen LogP contribution in [0.3, 0.4) is 0 Å². The van der Waals surface area contributed by atoms with E-state index < -0.39 is 0 Å². The number of hydrogen-bond donors (Lipinski definition) is 0. The summed E-state index contributed by atoms with van der Waals surface area (Å²) in [4.78, 5) is 11.9. The maximum atomic E-state index is 11.9. The van der Waals surface area contributed by atoms with Crippen molar-refractivity contribution in [2.24, 2.45) is 0 Å². The third kappa shape index (κ3) is 5.00. The van der Waals surface area contributed by atoms with Gasteiger partial charge in [0.05, 0.1) is 40.7 Å². The smallest absolute Gasteiger partial charge is 0.168 e. The van der Waals surface area contributed by atoms with E-state index in [1.165, 1.54) is 0 Å². The van der Waals surface area contributed by atoms with E-state index in [1.54, 1.807) is 0 Å². The molecule has 0 radical (unpaired) electrons. The Morgan fingerprint density at radius 2 is 1.76 bits per heavy atom. The fraction of sp³-hybridized carbons (Fsp3) is 0.500. The molecule has 0 aliphatic carbocycles. The number of ketones is 1. The molecule has 1 aromatic carbocycles. The molecule has 0 heterocycles. The van der Waals surface area contributed by atoms with Crippen LogP contribution in [0.1, 0.15) is 23.7 Å². The highest BCUT2D eigenvalue weighted by atomic mass is 16.5. The van der Waals surface area contributed by atoms with Crippen LogP contribution in [0.25, 0.3) is 0 Å². The molecule has 94 valence electrons. The Bertz CT molecular complexity index is 363. The van der Waals surface area contributed by atoms with Crippen LogP contribution >= 0.6 is 0 Å². The Hall–Kier alpha value is -1.35. The van der Waals surface area contributed by atoms with Crippen LogP contribution < -0.4 is 4.74 Å². The number of nitrogens with zero attached hydrogens (tertiary/aromatic N) is 1. The summed E-state index contributed by atoms with van der Waals surface area (Å²) in [6.45, 7) is 3.45. The average Bonchev–Trinajstić information content (AvgIpc) is 2.26. The molecule has 0 aromatic heterocycles. The molecule has 0 atom stereocenters. The number of carbonyl (C=O) groups is 1. The molecule has 0 aliphatic rings. The summed E-state index contributed by atoms with van der Waals surface area (Å²) in [5.74, 6) is 1.01. The van der Waals surface area contributed by atoms with E-state index >= 15 is 0 Å². The topological polar surface area (TPSA) is 26.3 Å². The number of Topliss-reactive ketones (excluding diaryl/α,β-unsaturated/α-hetero) is 1. The summed E-state index contributed by atoms with van der Waals surface area (Å²) < 4.78 is 6.15. The molecule has 17 heavy (non-hydrogen) atoms. The maximum Gasteiger partial charge on any atom is 0.168 e. The van der Waals surface area contributed by atoms with Crippen LogP contribution in [0, 0.1) is 0 Å². The van der Waals surface area contributed by atoms with Crippen molar-refractivity contribution in [1.82, 2.24) is 0 Å². The fourth-order valence-corrected chi connectivity index (χ4v) is 1.49. The molecule has 1 rings (SSSR count). The van der Waals surface area contributed by atoms with Crippen molar-refractivity contribution in [2.75, 3.05) is 34.3 Å². The number of ether oxygens (including phenoxy) is 1. The Kier molecular flexibility index (Phi) is 4.70. The van der Waals surface area contributed by atoms with Gasteiger partial charge in [0.15, 0.2) is 5.78 Å². The Labute approximate surface area is 104 Å². The average molecular weight is 236 g/mol. The molecule has 0 N–H and O–H groups in total. The van der Waals surface area contributed by atoms with E-state index in [1.807, 2.05) is 31.2 Å². The SMILES string of the molecule is CCOc1ccc(C(=O)CC[N+](C)(C)C)cc1. The predicted octanol–water partition coefficient (Wildman–Crippen LogP) is 2.36. The first-order valence-corrected chi connectivity index (χ1v) is 5.99. The van der Waals surface area contributed by atoms with E-state index in [4.69, 9.17) is 4.74 Å². The molecule has 0 saturated carbocycles. The van der Waals surface area contributed by atoms with Gasteiger partial charge < -0.3 is 9.22 Å². The zero-order valence-corrected chi connectivity index (χ0v) is 11.2. The monoisotopic (exact) mass is 236 g/mol. The van der Waals surface area contributed by atoms with E-state index in [0.29, 0.717) is 13.0 Å². The normalized spacial score (nSPS) is 11.3. The summed E-state index contributed by atoms with van der Waals surface area (Å²) >= 11 is 0. The molecule has 0 saturated heterocycles. The molecule has 0 spiro atoms. The fourth-order valence-electron chi connectivity index (χ4n) is 1.49. The van der Waals surface area contributed by atoms with E-state index in [-0.39, 0.29) is 5.78 Å². The van der Waals surface area contributed by atoms with Gasteiger partial charge in [-0.2, -0.15) is 0 Å². The molecular weight excluding hydrogens is 214 g/mol. The van der Waals surface area contributed by atoms with Crippen LogP contribution in [0.4, 0.5) is 0 Å². The van der Waals surface area contributed by atoms with Crippen LogP contribution in [-0.4, -0.2) is 44.6 Å². The van der Waals surface area contributed by atoms with Crippen molar-refractivity contribution < 1.29 is 14.0 Å². The lowest BCUT2D eigenvalue weighted by Crippen LogP contribution is -2.36. The highest BCUT2D eigenvalue weighted by molar-refractivity contribution is 5.96. The first-order valence-electron chi connectivity index (χ1n) is 5.99. The van der Waals surface area contributed by atoms with Crippen LogP contribution in [0.5, 0.6) is 5.75 Å². The molecule has 0 aliphatic heterocycles. The summed E-state index contributed by atoms with van der Waals surface area (Å²) in [7, 11) is 6.27. The molecular formula is C14H22NO2+. The quantitative estimate of drug-likeness (QED) is 0.560. The van der Waals surface area contributed by atoms with Gasteiger partial charge in [-0.1, -0.05) is 0 Å². The van der Waals surface area contributed by atoms with Crippen molar-refractivity contribution in [3.8, 4) is 5.75 Å². The van der Waals surface area contributed by atoms with Crippen molar-refractivity contribution in [3.05, 3.63) is 29.8 Å². The van der Waals surface area contributed by atoms with E-state index in [0.717, 1.165) is 22.3 Å². The molecule has 1 aromatic rings. The minimum Gasteiger partial charge on any atom is -0.494 e. The predicted molar refractivity (Wildman–Crippen MR) is 69.5 cm³/mol. The minimum absolute atomic E-state index is 0.195. The third-order valence-corrected chi connectivity index (χ3v) is 2.50. The number of hydrogen-bond acceptors (Lipinski definition) is 2. The highest BCUT2D eigenvalue weighted by Crippen LogP contribution is 2.13. The van der Waals surface area contributed by atoms with Crippen LogP contribution in [0.2, 0.25) is 0 Å². The van der Waals surface area contributed by atoms with Crippen molar-refractivity contribution in [2.45, 2.75) is 13.3 Å². The Morgan fingerprint density at radius 1 is 1.18 bits per heavy atom. The Morgan fingerprint density at radius 3 is 2.24 bits per heavy atom. The minimum atomic E-state index is 0.195. The zero-order chi connectivity index (χ0) is 12.9. The van der Waals surface area contributed by atoms with Gasteiger partial charge in [-0.15, -0.1) is 0 Å². The van der Waals surface area contributed by atoms with Gasteiger partial charge in [0, 0.05) is 5.56 Å². The van der Waals surface area contributed by atoms with E-state index in [9.17, 15) is 4.79 Å². The first kappa shape index (κ1) is 13.7. The number of benzene rings is 1. The van der Waals surface area contributed by atoms with Gasteiger partial charge in [-0.3, -0.25) is 4.79 Å². The van der Waals surface area contributed by atoms with Crippen LogP contribution in [-0.2, 0) is 0 Å². The lowest BCUT2D eigenvalue weighted by molar-refractivity contribution is -0.869. The largest absolute Gasteiger partial charge is 0.494 e. The molecule has 0 unspecified atom stereocenters. The summed E-state index contributed by atoms with van der Waals surface area (Å²) in [6.07, 6.45) is 0.581. The molecule has 0 amide bonds. The maximum absolute atomic E-state index is 11.9. The second-order valence-electron chi connectivity index (χ2n) is 5.14. The van der Waals surface area contributed by atoms with Gasteiger partial charge in [0.1, 0.15) is 5.75 Å². The zero-order valence-electron chi connectivity index (χ0n) is 11.2. The summed E-state index contributed by atoms with van der Waals surface area (Å²) in [5.41, 5.74) is 0.766. The number of rotatable bonds is 6. The van der Waals surface area contributed by atoms with Gasteiger partial charge in [0.25, 0.3) is 0 Å². The first-order chi connectivity index (χ1) is 7.92. The van der Waals surface area contributed by atoms with Crippen molar-refractivity contribution >= 4 is 5.78 Å². The van der Waals surface area contributed by atoms with Gasteiger partial charge in [-0.05, 0) is 31.2 Å². The molecule has 3 heteroatoms. The van der Waals surface area contributed by atoms with Crippen molar-refractivity contribution in [3.63, 3.8) is 0 Å². The second-order valence-corrected chi connectivity index (χ2v) is 5.14. The summed E-state index contributed by atoms with van der Waals surface area (Å²) in [5, 5.41) is 0. The molecule has 0 fully saturated rings. The van der Waals surface area contributed by atoms with Gasteiger partial charge >= 0.3 is 0 Å². The second kappa shape index (κ2) is 5.82. The summed E-state index contributed by atoms with van der Waals surface area (Å²) in [6, 6.07) is 7.37. The van der Waals surface area contributed by atoms with Crippen molar-refractivity contribution in [1.29, 1.82) is 0 Å². The highest BCUT2D eigenvalue weighted by Gasteiger charge is 2.12.